The fourth-order valence-electron chi connectivity index (χ4n) is 3.88. The number of aromatic amines is 1. The summed E-state index contributed by atoms with van der Waals surface area (Å²) < 4.78 is 20.2. The summed E-state index contributed by atoms with van der Waals surface area (Å²) in [6, 6.07) is 0.979. The highest BCUT2D eigenvalue weighted by Crippen LogP contribution is 2.41. The number of aromatic nitrogens is 2. The molecule has 2 fully saturated rings. The van der Waals surface area contributed by atoms with Crippen molar-refractivity contribution in [3.63, 3.8) is 0 Å². The van der Waals surface area contributed by atoms with E-state index in [2.05, 4.69) is 14.8 Å². The summed E-state index contributed by atoms with van der Waals surface area (Å²) in [5.41, 5.74) is 3.64. The largest absolute Gasteiger partial charge is 0.581 e. The SMILES string of the molecule is CC(C)OC(=O)C1(N=[P+]([O-])OOC[C@@]2(N=[N+]=[N-])O[C@@H](n3ccc(=O)[nH]c3=O)[C@H](O)[C@@H]2O)CCCC1. The second kappa shape index (κ2) is 10.9. The van der Waals surface area contributed by atoms with Gasteiger partial charge in [0.2, 0.25) is 11.3 Å². The van der Waals surface area contributed by atoms with E-state index in [1.165, 1.54) is 0 Å². The quantitative estimate of drug-likeness (QED) is 0.0747. The van der Waals surface area contributed by atoms with Gasteiger partial charge in [0.25, 0.3) is 5.56 Å². The Labute approximate surface area is 198 Å². The van der Waals surface area contributed by atoms with E-state index in [4.69, 9.17) is 24.6 Å². The van der Waals surface area contributed by atoms with Crippen LogP contribution in [0.25, 0.3) is 10.4 Å². The average molecular weight is 516 g/mol. The number of nitrogens with zero attached hydrogens (tertiary/aromatic N) is 5. The number of esters is 1. The zero-order valence-corrected chi connectivity index (χ0v) is 19.7. The third-order valence-electron chi connectivity index (χ3n) is 5.55. The number of hydrogen-bond acceptors (Lipinski definition) is 12. The van der Waals surface area contributed by atoms with Crippen molar-refractivity contribution >= 4 is 14.1 Å². The summed E-state index contributed by atoms with van der Waals surface area (Å²) in [5, 5.41) is 24.2. The van der Waals surface area contributed by atoms with Crippen LogP contribution in [-0.4, -0.2) is 61.9 Å². The van der Waals surface area contributed by atoms with Gasteiger partial charge in [-0.1, -0.05) is 22.7 Å². The topological polar surface area (TPSA) is 233 Å². The first-order chi connectivity index (χ1) is 16.5. The molecule has 16 nitrogen and oxygen atoms in total. The average Bonchev–Trinajstić information content (AvgIpc) is 3.34. The van der Waals surface area contributed by atoms with Gasteiger partial charge in [0.05, 0.1) is 6.10 Å². The molecule has 0 bridgehead atoms. The number of azide groups is 1. The molecule has 2 heterocycles. The molecular weight excluding hydrogens is 491 g/mol. The molecule has 1 aromatic heterocycles. The number of aliphatic hydroxyl groups is 2. The molecule has 1 saturated heterocycles. The molecule has 35 heavy (non-hydrogen) atoms. The monoisotopic (exact) mass is 516 g/mol. The van der Waals surface area contributed by atoms with E-state index in [0.717, 1.165) is 16.8 Å². The zero-order valence-electron chi connectivity index (χ0n) is 18.8. The fraction of sp³-hybridized carbons (Fsp3) is 0.722. The van der Waals surface area contributed by atoms with Crippen molar-refractivity contribution in [2.45, 2.75) is 75.3 Å². The van der Waals surface area contributed by atoms with Gasteiger partial charge >= 0.3 is 19.8 Å². The van der Waals surface area contributed by atoms with Gasteiger partial charge in [0.15, 0.2) is 6.23 Å². The van der Waals surface area contributed by atoms with Crippen LogP contribution in [0.2, 0.25) is 0 Å². The van der Waals surface area contributed by atoms with E-state index >= 15 is 0 Å². The molecule has 1 aliphatic heterocycles. The molecule has 1 aromatic rings. The Balaban J connectivity index is 1.75. The number of carbonyl (C=O) groups excluding carboxylic acids is 1. The normalized spacial score (nSPS) is 28.2. The molecule has 1 saturated carbocycles. The highest BCUT2D eigenvalue weighted by molar-refractivity contribution is 7.33. The summed E-state index contributed by atoms with van der Waals surface area (Å²) >= 11 is 0. The maximum atomic E-state index is 12.5. The summed E-state index contributed by atoms with van der Waals surface area (Å²) in [4.78, 5) is 57.7. The second-order valence-corrected chi connectivity index (χ2v) is 9.19. The Hall–Kier alpha value is -2.68. The summed E-state index contributed by atoms with van der Waals surface area (Å²) in [6.07, 6.45) is -2.70. The third kappa shape index (κ3) is 5.77. The predicted molar refractivity (Wildman–Crippen MR) is 114 cm³/mol. The van der Waals surface area contributed by atoms with Crippen molar-refractivity contribution in [1.29, 1.82) is 0 Å². The number of H-pyrrole nitrogens is 1. The van der Waals surface area contributed by atoms with Crippen LogP contribution in [0.15, 0.2) is 31.7 Å². The number of aliphatic hydroxyl groups excluding tert-OH is 2. The van der Waals surface area contributed by atoms with Crippen molar-refractivity contribution in [1.82, 2.24) is 9.55 Å². The molecule has 1 aliphatic carbocycles. The van der Waals surface area contributed by atoms with Crippen molar-refractivity contribution in [3.05, 3.63) is 43.5 Å². The first-order valence-electron chi connectivity index (χ1n) is 10.7. The minimum atomic E-state index is -2.92. The van der Waals surface area contributed by atoms with Crippen LogP contribution in [0.1, 0.15) is 45.8 Å². The molecule has 0 radical (unpaired) electrons. The number of rotatable bonds is 9. The molecular formula is C18H25N6O10P. The van der Waals surface area contributed by atoms with Gasteiger partial charge in [-0.2, -0.15) is 4.89 Å². The Kier molecular flexibility index (Phi) is 8.41. The Bertz CT molecular complexity index is 1130. The smallest absolute Gasteiger partial charge is 0.382 e. The number of ether oxygens (including phenoxy) is 2. The van der Waals surface area contributed by atoms with Crippen LogP contribution in [0.3, 0.4) is 0 Å². The van der Waals surface area contributed by atoms with Crippen molar-refractivity contribution in [2.75, 3.05) is 6.61 Å². The highest BCUT2D eigenvalue weighted by Gasteiger charge is 2.56. The van der Waals surface area contributed by atoms with Gasteiger partial charge in [-0.3, -0.25) is 14.3 Å². The lowest BCUT2D eigenvalue weighted by atomic mass is 10.00. The lowest BCUT2D eigenvalue weighted by Gasteiger charge is -2.24. The molecule has 0 amide bonds. The van der Waals surface area contributed by atoms with Gasteiger partial charge in [-0.15, -0.1) is 0 Å². The first-order valence-corrected chi connectivity index (χ1v) is 11.8. The molecule has 3 N–H and O–H groups in total. The lowest BCUT2D eigenvalue weighted by molar-refractivity contribution is -0.291. The van der Waals surface area contributed by atoms with Crippen LogP contribution in [-0.2, 0) is 23.8 Å². The van der Waals surface area contributed by atoms with Crippen molar-refractivity contribution in [2.24, 2.45) is 9.86 Å². The van der Waals surface area contributed by atoms with Gasteiger partial charge < -0.3 is 24.6 Å². The third-order valence-corrected chi connectivity index (χ3v) is 6.33. The summed E-state index contributed by atoms with van der Waals surface area (Å²) in [6.45, 7) is 2.47. The Morgan fingerprint density at radius 1 is 1.43 bits per heavy atom. The van der Waals surface area contributed by atoms with E-state index in [0.29, 0.717) is 25.7 Å². The second-order valence-electron chi connectivity index (χ2n) is 8.36. The fourth-order valence-corrected chi connectivity index (χ4v) is 4.65. The van der Waals surface area contributed by atoms with E-state index in [-0.39, 0.29) is 0 Å². The van der Waals surface area contributed by atoms with Crippen LogP contribution in [0.5, 0.6) is 0 Å². The van der Waals surface area contributed by atoms with Gasteiger partial charge in [0, 0.05) is 21.8 Å². The lowest BCUT2D eigenvalue weighted by Crippen LogP contribution is -2.45. The van der Waals surface area contributed by atoms with Gasteiger partial charge in [-0.25, -0.2) is 9.59 Å². The van der Waals surface area contributed by atoms with E-state index in [1.54, 1.807) is 13.8 Å². The first kappa shape index (κ1) is 26.9. The van der Waals surface area contributed by atoms with E-state index in [1.807, 2.05) is 4.98 Å². The minimum Gasteiger partial charge on any atom is -0.581 e. The molecule has 5 atom stereocenters. The predicted octanol–water partition coefficient (Wildman–Crippen LogP) is -0.138. The molecule has 192 valence electrons. The molecule has 0 spiro atoms. The van der Waals surface area contributed by atoms with Crippen molar-refractivity contribution in [3.8, 4) is 0 Å². The molecule has 0 aromatic carbocycles. The van der Waals surface area contributed by atoms with Crippen LogP contribution >= 0.6 is 8.17 Å². The Morgan fingerprint density at radius 2 is 2.11 bits per heavy atom. The maximum Gasteiger partial charge on any atom is 0.382 e. The number of hydrogen-bond donors (Lipinski definition) is 3. The van der Waals surface area contributed by atoms with E-state index in [9.17, 15) is 29.5 Å². The summed E-state index contributed by atoms with van der Waals surface area (Å²) in [5.74, 6) is -0.630. The Morgan fingerprint density at radius 3 is 2.71 bits per heavy atom. The van der Waals surface area contributed by atoms with Crippen molar-refractivity contribution < 1.29 is 38.9 Å². The van der Waals surface area contributed by atoms with E-state index < -0.39 is 67.8 Å². The number of nitrogens with one attached hydrogen (secondary N) is 1. The van der Waals surface area contributed by atoms with Crippen LogP contribution < -0.4 is 16.1 Å². The molecule has 2 aliphatic rings. The van der Waals surface area contributed by atoms with Crippen LogP contribution in [0.4, 0.5) is 0 Å². The summed E-state index contributed by atoms with van der Waals surface area (Å²) in [7, 11) is -2.92. The molecule has 17 heteroatoms. The zero-order chi connectivity index (χ0) is 25.8. The molecule has 3 rings (SSSR count). The maximum absolute atomic E-state index is 12.5. The highest BCUT2D eigenvalue weighted by atomic mass is 31.1. The van der Waals surface area contributed by atoms with Gasteiger partial charge in [-0.05, 0) is 32.2 Å². The van der Waals surface area contributed by atoms with Crippen LogP contribution in [0, 0.1) is 0 Å². The standard InChI is InChI=1S/C18H25N6O10P/c1-10(2)32-15(28)17(6-3-4-7-17)22-35(30)34-31-9-18(21-23-19)13(27)12(26)14(33-18)24-8-5-11(25)20-16(24)29/h5,8,10,12-14,26-27H,3-4,6-7,9H2,1-2H3,(H,20,25,29)/t12-,13+,14-,18-/m1/s1. The molecule has 1 unspecified atom stereocenters. The number of carbonyl (C=O) groups is 1. The minimum absolute atomic E-state index is 0.315. The van der Waals surface area contributed by atoms with Gasteiger partial charge in [0.1, 0.15) is 18.8 Å².